The van der Waals surface area contributed by atoms with Crippen LogP contribution >= 0.6 is 0 Å². The lowest BCUT2D eigenvalue weighted by molar-refractivity contribution is 0.394. The topological polar surface area (TPSA) is 79.4 Å². The summed E-state index contributed by atoms with van der Waals surface area (Å²) >= 11 is 0. The number of methoxy groups -OCH3 is 2. The van der Waals surface area contributed by atoms with E-state index < -0.39 is 0 Å². The average Bonchev–Trinajstić information content (AvgIpc) is 3.34. The molecule has 0 aliphatic rings. The van der Waals surface area contributed by atoms with E-state index in [-0.39, 0.29) is 5.56 Å². The predicted molar refractivity (Wildman–Crippen MR) is 126 cm³/mol. The minimum absolute atomic E-state index is 0.116. The molecule has 7 nitrogen and oxygen atoms in total. The normalized spacial score (nSPS) is 11.0. The van der Waals surface area contributed by atoms with Gasteiger partial charge in [0.05, 0.1) is 25.3 Å². The number of hydrogen-bond acceptors (Lipinski definition) is 6. The lowest BCUT2D eigenvalue weighted by atomic mass is 10.1. The third-order valence-electron chi connectivity index (χ3n) is 5.54. The number of ether oxygens (including phenoxy) is 2. The van der Waals surface area contributed by atoms with E-state index in [0.29, 0.717) is 39.7 Å². The van der Waals surface area contributed by atoms with Gasteiger partial charge in [0.2, 0.25) is 5.82 Å². The maximum absolute atomic E-state index is 13.2. The molecule has 0 aliphatic heterocycles. The van der Waals surface area contributed by atoms with Gasteiger partial charge >= 0.3 is 0 Å². The smallest absolute Gasteiger partial charge is 0.262 e. The summed E-state index contributed by atoms with van der Waals surface area (Å²) in [6, 6.07) is 20.6. The summed E-state index contributed by atoms with van der Waals surface area (Å²) in [7, 11) is 3.17. The first-order chi connectivity index (χ1) is 16.1. The molecule has 0 N–H and O–H groups in total. The van der Waals surface area contributed by atoms with E-state index in [9.17, 15) is 4.79 Å². The van der Waals surface area contributed by atoms with Crippen molar-refractivity contribution in [2.24, 2.45) is 0 Å². The fourth-order valence-corrected chi connectivity index (χ4v) is 3.78. The van der Waals surface area contributed by atoms with Crippen molar-refractivity contribution in [1.82, 2.24) is 14.7 Å². The highest BCUT2D eigenvalue weighted by molar-refractivity contribution is 5.94. The number of fused-ring (bicyclic) bond motifs is 1. The van der Waals surface area contributed by atoms with E-state index in [4.69, 9.17) is 14.0 Å². The Morgan fingerprint density at radius 3 is 2.36 bits per heavy atom. The molecule has 0 bridgehead atoms. The van der Waals surface area contributed by atoms with Gasteiger partial charge in [0.25, 0.3) is 11.4 Å². The highest BCUT2D eigenvalue weighted by Crippen LogP contribution is 2.34. The number of pyridine rings is 1. The third-order valence-corrected chi connectivity index (χ3v) is 5.54. The summed E-state index contributed by atoms with van der Waals surface area (Å²) in [5, 5.41) is 5.48. The molecule has 7 heteroatoms. The first-order valence-corrected chi connectivity index (χ1v) is 10.4. The molecule has 0 amide bonds. The van der Waals surface area contributed by atoms with Gasteiger partial charge in [-0.1, -0.05) is 41.1 Å². The van der Waals surface area contributed by atoms with E-state index in [2.05, 4.69) is 10.1 Å². The molecule has 0 radical (unpaired) electrons. The lowest BCUT2D eigenvalue weighted by Gasteiger charge is -2.11. The molecule has 5 aromatic rings. The maximum atomic E-state index is 13.2. The molecule has 5 rings (SSSR count). The lowest BCUT2D eigenvalue weighted by Crippen LogP contribution is -2.18. The van der Waals surface area contributed by atoms with E-state index in [1.807, 2.05) is 55.5 Å². The van der Waals surface area contributed by atoms with Gasteiger partial charge in [0.1, 0.15) is 11.5 Å². The second-order valence-electron chi connectivity index (χ2n) is 7.59. The number of hydrogen-bond donors (Lipinski definition) is 0. The molecule has 0 atom stereocenters. The number of aromatic nitrogens is 3. The molecule has 0 unspecified atom stereocenters. The molecule has 0 fully saturated rings. The van der Waals surface area contributed by atoms with Crippen LogP contribution in [0.2, 0.25) is 0 Å². The number of rotatable bonds is 5. The van der Waals surface area contributed by atoms with Gasteiger partial charge in [-0.3, -0.25) is 9.36 Å². The van der Waals surface area contributed by atoms with Gasteiger partial charge in [-0.05, 0) is 37.3 Å². The highest BCUT2D eigenvalue weighted by Gasteiger charge is 2.19. The van der Waals surface area contributed by atoms with Crippen LogP contribution in [0.15, 0.2) is 82.2 Å². The Morgan fingerprint density at radius 2 is 1.64 bits per heavy atom. The number of aryl methyl sites for hydroxylation is 1. The quantitative estimate of drug-likeness (QED) is 0.382. The summed E-state index contributed by atoms with van der Waals surface area (Å²) in [6.45, 7) is 2.01. The first kappa shape index (κ1) is 20.5. The summed E-state index contributed by atoms with van der Waals surface area (Å²) < 4.78 is 18.0. The molecule has 164 valence electrons. The van der Waals surface area contributed by atoms with Crippen LogP contribution in [-0.4, -0.2) is 28.9 Å². The predicted octanol–water partition coefficient (Wildman–Crippen LogP) is 5.03. The van der Waals surface area contributed by atoms with Gasteiger partial charge in [-0.15, -0.1) is 0 Å². The zero-order chi connectivity index (χ0) is 22.9. The largest absolute Gasteiger partial charge is 0.497 e. The Morgan fingerprint density at radius 1 is 0.879 bits per heavy atom. The minimum atomic E-state index is -0.116. The molecule has 2 heterocycles. The summed E-state index contributed by atoms with van der Waals surface area (Å²) in [5.74, 6) is 1.91. The standard InChI is InChI=1S/C26H21N3O4/c1-16-8-10-17(11-9-16)29-15-22(19-6-4-5-7-20(19)26(29)30)25-27-24(28-33-25)21-13-12-18(31-2)14-23(21)32-3/h4-15H,1-3H3. The molecule has 33 heavy (non-hydrogen) atoms. The van der Waals surface area contributed by atoms with E-state index in [1.54, 1.807) is 43.2 Å². The molecule has 3 aromatic carbocycles. The third kappa shape index (κ3) is 3.63. The Bertz CT molecular complexity index is 1520. The monoisotopic (exact) mass is 439 g/mol. The minimum Gasteiger partial charge on any atom is -0.497 e. The number of nitrogens with zero attached hydrogens (tertiary/aromatic N) is 3. The van der Waals surface area contributed by atoms with Crippen molar-refractivity contribution < 1.29 is 14.0 Å². The van der Waals surface area contributed by atoms with Gasteiger partial charge in [0.15, 0.2) is 0 Å². The van der Waals surface area contributed by atoms with Gasteiger partial charge in [-0.25, -0.2) is 0 Å². The van der Waals surface area contributed by atoms with Crippen LogP contribution in [0.5, 0.6) is 11.5 Å². The molecule has 2 aromatic heterocycles. The molecule has 0 saturated carbocycles. The van der Waals surface area contributed by atoms with Crippen LogP contribution in [0.4, 0.5) is 0 Å². The van der Waals surface area contributed by atoms with Crippen LogP contribution in [-0.2, 0) is 0 Å². The second kappa shape index (κ2) is 8.27. The van der Waals surface area contributed by atoms with Crippen molar-refractivity contribution in [3.8, 4) is 40.0 Å². The molecule has 0 spiro atoms. The average molecular weight is 439 g/mol. The van der Waals surface area contributed by atoms with Gasteiger partial charge < -0.3 is 14.0 Å². The van der Waals surface area contributed by atoms with Crippen molar-refractivity contribution in [1.29, 1.82) is 0 Å². The fourth-order valence-electron chi connectivity index (χ4n) is 3.78. The van der Waals surface area contributed by atoms with Crippen LogP contribution in [0.25, 0.3) is 39.3 Å². The van der Waals surface area contributed by atoms with Crippen molar-refractivity contribution >= 4 is 10.8 Å². The van der Waals surface area contributed by atoms with Crippen LogP contribution < -0.4 is 15.0 Å². The molecular weight excluding hydrogens is 418 g/mol. The van der Waals surface area contributed by atoms with Crippen LogP contribution in [0.1, 0.15) is 5.56 Å². The molecule has 0 aliphatic carbocycles. The van der Waals surface area contributed by atoms with E-state index in [0.717, 1.165) is 16.6 Å². The van der Waals surface area contributed by atoms with Crippen molar-refractivity contribution in [2.45, 2.75) is 6.92 Å². The first-order valence-electron chi connectivity index (χ1n) is 10.4. The summed E-state index contributed by atoms with van der Waals surface area (Å²) in [4.78, 5) is 17.9. The number of benzene rings is 3. The zero-order valence-corrected chi connectivity index (χ0v) is 18.4. The Kier molecular flexibility index (Phi) is 5.14. The Labute approximate surface area is 189 Å². The SMILES string of the molecule is COc1ccc(-c2noc(-c3cn(-c4ccc(C)cc4)c(=O)c4ccccc34)n2)c(OC)c1. The maximum Gasteiger partial charge on any atom is 0.262 e. The van der Waals surface area contributed by atoms with E-state index in [1.165, 1.54) is 0 Å². The summed E-state index contributed by atoms with van der Waals surface area (Å²) in [5.41, 5.74) is 3.09. The molecule has 0 saturated heterocycles. The van der Waals surface area contributed by atoms with Gasteiger partial charge in [0, 0.05) is 28.7 Å². The molecular formula is C26H21N3O4. The van der Waals surface area contributed by atoms with Crippen LogP contribution in [0.3, 0.4) is 0 Å². The second-order valence-corrected chi connectivity index (χ2v) is 7.59. The Hall–Kier alpha value is -4.39. The van der Waals surface area contributed by atoms with Gasteiger partial charge in [-0.2, -0.15) is 4.98 Å². The summed E-state index contributed by atoms with van der Waals surface area (Å²) in [6.07, 6.45) is 1.75. The Balaban J connectivity index is 1.69. The zero-order valence-electron chi connectivity index (χ0n) is 18.4. The van der Waals surface area contributed by atoms with E-state index >= 15 is 0 Å². The highest BCUT2D eigenvalue weighted by atomic mass is 16.5. The van der Waals surface area contributed by atoms with Crippen LogP contribution in [0, 0.1) is 6.92 Å². The van der Waals surface area contributed by atoms with Crippen molar-refractivity contribution in [2.75, 3.05) is 14.2 Å². The fraction of sp³-hybridized carbons (Fsp3) is 0.115. The van der Waals surface area contributed by atoms with Crippen molar-refractivity contribution in [3.63, 3.8) is 0 Å². The van der Waals surface area contributed by atoms with Crippen molar-refractivity contribution in [3.05, 3.63) is 88.8 Å².